The fourth-order valence-corrected chi connectivity index (χ4v) is 2.77. The van der Waals surface area contributed by atoms with Crippen LogP contribution in [-0.2, 0) is 11.2 Å². The Kier molecular flexibility index (Phi) is 4.88. The molecule has 5 heteroatoms. The van der Waals surface area contributed by atoms with Crippen LogP contribution in [0.3, 0.4) is 0 Å². The van der Waals surface area contributed by atoms with E-state index >= 15 is 0 Å². The Morgan fingerprint density at radius 3 is 3.04 bits per heavy atom. The Labute approximate surface area is 136 Å². The Morgan fingerprint density at radius 1 is 1.43 bits per heavy atom. The molecule has 0 amide bonds. The van der Waals surface area contributed by atoms with Crippen molar-refractivity contribution in [1.82, 2.24) is 15.1 Å². The van der Waals surface area contributed by atoms with Gasteiger partial charge in [-0.15, -0.1) is 0 Å². The predicted molar refractivity (Wildman–Crippen MR) is 93.7 cm³/mol. The fourth-order valence-electron chi connectivity index (χ4n) is 2.77. The number of rotatable bonds is 5. The lowest BCUT2D eigenvalue weighted by atomic mass is 10.1. The Morgan fingerprint density at radius 2 is 2.26 bits per heavy atom. The molecule has 120 valence electrons. The number of aliphatic imine (C=N–C) groups is 1. The van der Waals surface area contributed by atoms with E-state index in [4.69, 9.17) is 4.74 Å². The number of allylic oxidation sites excluding steroid dienone is 2. The van der Waals surface area contributed by atoms with Crippen LogP contribution in [0.1, 0.15) is 11.3 Å². The summed E-state index contributed by atoms with van der Waals surface area (Å²) < 4.78 is 5.42. The van der Waals surface area contributed by atoms with Gasteiger partial charge in [-0.3, -0.25) is 5.10 Å². The number of nitrogens with zero attached hydrogens (tertiary/aromatic N) is 3. The van der Waals surface area contributed by atoms with Gasteiger partial charge in [-0.1, -0.05) is 30.9 Å². The van der Waals surface area contributed by atoms with E-state index in [9.17, 15) is 0 Å². The smallest absolute Gasteiger partial charge is 0.124 e. The number of para-hydroxylation sites is 1. The van der Waals surface area contributed by atoms with E-state index in [1.165, 1.54) is 10.9 Å². The molecule has 1 saturated heterocycles. The molecule has 0 bridgehead atoms. The number of hydrogen-bond donors (Lipinski definition) is 1. The molecule has 23 heavy (non-hydrogen) atoms. The third-order valence-corrected chi connectivity index (χ3v) is 4.01. The molecular formula is C18H22N4O. The van der Waals surface area contributed by atoms with Gasteiger partial charge in [0.1, 0.15) is 5.82 Å². The van der Waals surface area contributed by atoms with Crippen LogP contribution in [0.5, 0.6) is 0 Å². The Hall–Kier alpha value is -2.40. The number of H-pyrrole nitrogens is 1. The van der Waals surface area contributed by atoms with Gasteiger partial charge < -0.3 is 9.64 Å². The molecule has 0 radical (unpaired) electrons. The minimum Gasteiger partial charge on any atom is -0.378 e. The number of morpholine rings is 1. The van der Waals surface area contributed by atoms with Crippen molar-refractivity contribution in [3.63, 3.8) is 0 Å². The minimum absolute atomic E-state index is 0.741. The van der Waals surface area contributed by atoms with Crippen molar-refractivity contribution in [3.05, 3.63) is 54.0 Å². The van der Waals surface area contributed by atoms with Gasteiger partial charge in [-0.2, -0.15) is 5.10 Å². The van der Waals surface area contributed by atoms with Crippen molar-refractivity contribution in [3.8, 4) is 0 Å². The summed E-state index contributed by atoms with van der Waals surface area (Å²) >= 11 is 0. The first kappa shape index (κ1) is 15.5. The first-order valence-corrected chi connectivity index (χ1v) is 7.90. The molecule has 0 unspecified atom stereocenters. The highest BCUT2D eigenvalue weighted by molar-refractivity contribution is 5.84. The second-order valence-electron chi connectivity index (χ2n) is 5.55. The number of aromatic nitrogens is 2. The first-order chi connectivity index (χ1) is 11.3. The number of nitrogens with one attached hydrogen (secondary N) is 1. The average molecular weight is 310 g/mol. The third kappa shape index (κ3) is 3.51. The molecule has 3 rings (SSSR count). The number of fused-ring (bicyclic) bond motifs is 1. The highest BCUT2D eigenvalue weighted by atomic mass is 16.5. The Balaban J connectivity index is 1.85. The summed E-state index contributed by atoms with van der Waals surface area (Å²) in [6.07, 6.45) is 6.30. The zero-order chi connectivity index (χ0) is 16.1. The van der Waals surface area contributed by atoms with E-state index in [1.54, 1.807) is 12.3 Å². The summed E-state index contributed by atoms with van der Waals surface area (Å²) in [6.45, 7) is 9.00. The van der Waals surface area contributed by atoms with Gasteiger partial charge in [0, 0.05) is 31.1 Å². The summed E-state index contributed by atoms with van der Waals surface area (Å²) in [5, 5.41) is 8.78. The van der Waals surface area contributed by atoms with E-state index < -0.39 is 0 Å². The molecule has 1 aliphatic heterocycles. The lowest BCUT2D eigenvalue weighted by molar-refractivity contribution is 0.0531. The number of aromatic amines is 1. The minimum atomic E-state index is 0.741. The van der Waals surface area contributed by atoms with Crippen LogP contribution in [0.2, 0.25) is 0 Å². The number of aryl methyl sites for hydroxylation is 1. The van der Waals surface area contributed by atoms with Crippen LogP contribution in [0.15, 0.2) is 47.7 Å². The molecule has 0 saturated carbocycles. The highest BCUT2D eigenvalue weighted by Crippen LogP contribution is 2.20. The summed E-state index contributed by atoms with van der Waals surface area (Å²) in [6, 6.07) is 6.27. The maximum Gasteiger partial charge on any atom is 0.124 e. The van der Waals surface area contributed by atoms with Crippen molar-refractivity contribution < 1.29 is 4.74 Å². The van der Waals surface area contributed by atoms with Crippen LogP contribution >= 0.6 is 0 Å². The lowest BCUT2D eigenvalue weighted by Gasteiger charge is -2.28. The molecule has 1 N–H and O–H groups in total. The van der Waals surface area contributed by atoms with Crippen LogP contribution in [0, 0.1) is 6.92 Å². The van der Waals surface area contributed by atoms with Gasteiger partial charge in [0.05, 0.1) is 24.4 Å². The summed E-state index contributed by atoms with van der Waals surface area (Å²) in [5.41, 5.74) is 3.37. The molecule has 1 fully saturated rings. The number of benzene rings is 1. The molecule has 1 aromatic carbocycles. The first-order valence-electron chi connectivity index (χ1n) is 7.90. The molecule has 0 atom stereocenters. The Bertz CT molecular complexity index is 739. The van der Waals surface area contributed by atoms with E-state index in [0.29, 0.717) is 0 Å². The predicted octanol–water partition coefficient (Wildman–Crippen LogP) is 2.84. The molecule has 2 heterocycles. The summed E-state index contributed by atoms with van der Waals surface area (Å²) in [4.78, 5) is 6.75. The van der Waals surface area contributed by atoms with Crippen molar-refractivity contribution >= 4 is 17.1 Å². The monoisotopic (exact) mass is 310 g/mol. The second kappa shape index (κ2) is 7.24. The van der Waals surface area contributed by atoms with Gasteiger partial charge in [0.15, 0.2) is 0 Å². The van der Waals surface area contributed by atoms with Crippen LogP contribution < -0.4 is 0 Å². The van der Waals surface area contributed by atoms with Gasteiger partial charge >= 0.3 is 0 Å². The zero-order valence-corrected chi connectivity index (χ0v) is 13.5. The summed E-state index contributed by atoms with van der Waals surface area (Å²) in [5.74, 6) is 0.956. The summed E-state index contributed by atoms with van der Waals surface area (Å²) in [7, 11) is 0. The van der Waals surface area contributed by atoms with Crippen LogP contribution in [-0.4, -0.2) is 47.6 Å². The molecule has 5 nitrogen and oxygen atoms in total. The largest absolute Gasteiger partial charge is 0.378 e. The third-order valence-electron chi connectivity index (χ3n) is 4.01. The maximum atomic E-state index is 5.42. The normalized spacial score (nSPS) is 16.4. The fraction of sp³-hybridized carbons (Fsp3) is 0.333. The topological polar surface area (TPSA) is 53.5 Å². The van der Waals surface area contributed by atoms with Gasteiger partial charge in [-0.25, -0.2) is 4.99 Å². The van der Waals surface area contributed by atoms with Crippen molar-refractivity contribution in [1.29, 1.82) is 0 Å². The number of hydrogen-bond acceptors (Lipinski definition) is 4. The molecule has 0 spiro atoms. The van der Waals surface area contributed by atoms with Crippen LogP contribution in [0.4, 0.5) is 0 Å². The van der Waals surface area contributed by atoms with Crippen molar-refractivity contribution in [2.45, 2.75) is 13.3 Å². The van der Waals surface area contributed by atoms with Gasteiger partial charge in [0.25, 0.3) is 0 Å². The standard InChI is InChI=1S/C18H22N4O/c1-3-9-19-17(22-10-12-23-13-11-22)8-7-16-15-6-4-5-14(2)18(15)21-20-16/h3-6,8-9H,1,7,10-13H2,2H3,(H,20,21)/b17-8+,19-9-. The van der Waals surface area contributed by atoms with E-state index in [-0.39, 0.29) is 0 Å². The number of ether oxygens (including phenoxy) is 1. The maximum absolute atomic E-state index is 5.42. The molecule has 0 aliphatic carbocycles. The highest BCUT2D eigenvalue weighted by Gasteiger charge is 2.13. The van der Waals surface area contributed by atoms with Gasteiger partial charge in [-0.05, 0) is 18.6 Å². The van der Waals surface area contributed by atoms with Gasteiger partial charge in [0.2, 0.25) is 0 Å². The van der Waals surface area contributed by atoms with E-state index in [0.717, 1.165) is 49.8 Å². The van der Waals surface area contributed by atoms with Crippen molar-refractivity contribution in [2.75, 3.05) is 26.3 Å². The van der Waals surface area contributed by atoms with Crippen LogP contribution in [0.25, 0.3) is 10.9 Å². The zero-order valence-electron chi connectivity index (χ0n) is 13.5. The SMILES string of the molecule is C=C/C=N\C(=C/Cc1n[nH]c2c(C)cccc12)N1CCOCC1. The average Bonchev–Trinajstić information content (AvgIpc) is 3.00. The van der Waals surface area contributed by atoms with E-state index in [2.05, 4.69) is 57.9 Å². The molecular weight excluding hydrogens is 288 g/mol. The molecule has 1 aliphatic rings. The van der Waals surface area contributed by atoms with E-state index in [1.807, 2.05) is 0 Å². The lowest BCUT2D eigenvalue weighted by Crippen LogP contribution is -2.35. The quantitative estimate of drug-likeness (QED) is 0.864. The van der Waals surface area contributed by atoms with Crippen molar-refractivity contribution in [2.24, 2.45) is 4.99 Å². The molecule has 1 aromatic heterocycles. The second-order valence-corrected chi connectivity index (χ2v) is 5.55. The molecule has 2 aromatic rings.